The molecule has 4 aliphatic carbocycles. The third kappa shape index (κ3) is 12.1. The maximum atomic E-state index is 13.9. The summed E-state index contributed by atoms with van der Waals surface area (Å²) in [4.78, 5) is 40.2. The van der Waals surface area contributed by atoms with Crippen LogP contribution in [0.5, 0.6) is 0 Å². The van der Waals surface area contributed by atoms with Crippen molar-refractivity contribution < 1.29 is 37.1 Å². The maximum Gasteiger partial charge on any atom is 0.500 e. The van der Waals surface area contributed by atoms with E-state index in [-0.39, 0.29) is 34.9 Å². The second kappa shape index (κ2) is 22.5. The van der Waals surface area contributed by atoms with Crippen molar-refractivity contribution in [2.75, 3.05) is 50.0 Å². The van der Waals surface area contributed by atoms with Crippen molar-refractivity contribution in [1.29, 1.82) is 0 Å². The van der Waals surface area contributed by atoms with E-state index in [1.54, 1.807) is 39.5 Å². The fourth-order valence-corrected chi connectivity index (χ4v) is 16.2. The quantitative estimate of drug-likeness (QED) is 0.0929. The van der Waals surface area contributed by atoms with Gasteiger partial charge in [0.05, 0.1) is 0 Å². The third-order valence-corrected chi connectivity index (χ3v) is 20.3. The van der Waals surface area contributed by atoms with Gasteiger partial charge in [-0.25, -0.2) is 9.59 Å². The first-order chi connectivity index (χ1) is 30.5. The molecule has 10 atom stereocenters. The number of amides is 3. The molecule has 64 heavy (non-hydrogen) atoms. The van der Waals surface area contributed by atoms with Crippen LogP contribution in [-0.2, 0) is 27.5 Å². The minimum Gasteiger partial charge on any atom is -0.446 e. The van der Waals surface area contributed by atoms with Crippen molar-refractivity contribution in [2.45, 2.75) is 130 Å². The molecule has 0 heterocycles. The fourth-order valence-electron chi connectivity index (χ4n) is 12.7. The van der Waals surface area contributed by atoms with Crippen LogP contribution in [-0.4, -0.2) is 78.5 Å². The van der Waals surface area contributed by atoms with Gasteiger partial charge in [0.1, 0.15) is 12.2 Å². The van der Waals surface area contributed by atoms with E-state index in [0.717, 1.165) is 105 Å². The van der Waals surface area contributed by atoms with Crippen LogP contribution in [0.25, 0.3) is 0 Å². The summed E-state index contributed by atoms with van der Waals surface area (Å²) in [5.74, 6) is 4.28. The number of nitrogens with one attached hydrogen (secondary N) is 3. The molecule has 3 N–H and O–H groups in total. The number of rotatable bonds is 19. The van der Waals surface area contributed by atoms with Crippen LogP contribution in [0.4, 0.5) is 21.0 Å². The number of carbonyl (C=O) groups is 3. The molecule has 0 unspecified atom stereocenters. The first-order valence-corrected chi connectivity index (χ1v) is 27.4. The number of halogens is 2. The van der Waals surface area contributed by atoms with Crippen molar-refractivity contribution in [1.82, 2.24) is 5.32 Å². The van der Waals surface area contributed by atoms with E-state index in [1.165, 1.54) is 0 Å². The highest BCUT2D eigenvalue weighted by Gasteiger charge is 2.65. The highest BCUT2D eigenvalue weighted by atomic mass is 35.5. The summed E-state index contributed by atoms with van der Waals surface area (Å²) in [5, 5.41) is 9.94. The topological polar surface area (TPSA) is 133 Å². The van der Waals surface area contributed by atoms with E-state index in [9.17, 15) is 14.4 Å². The van der Waals surface area contributed by atoms with Crippen LogP contribution in [0, 0.1) is 60.2 Å². The predicted octanol–water partition coefficient (Wildman–Crippen LogP) is 12.3. The molecule has 3 amide bonds. The third-order valence-electron chi connectivity index (χ3n) is 15.9. The summed E-state index contributed by atoms with van der Waals surface area (Å²) in [6, 6.07) is 11.8. The maximum absolute atomic E-state index is 13.9. The number of carbonyl (C=O) groups excluding carboxylic acids is 3. The molecular formula is C49H73Cl2N3O8SSi. The van der Waals surface area contributed by atoms with Crippen LogP contribution in [0.2, 0.25) is 16.1 Å². The van der Waals surface area contributed by atoms with Gasteiger partial charge in [0.2, 0.25) is 5.91 Å². The van der Waals surface area contributed by atoms with Crippen molar-refractivity contribution in [2.24, 2.45) is 46.3 Å². The Hall–Kier alpha value is -2.52. The Morgan fingerprint density at radius 3 is 2.11 bits per heavy atom. The van der Waals surface area contributed by atoms with Crippen LogP contribution >= 0.6 is 35.0 Å². The monoisotopic (exact) mass is 961 g/mol. The number of anilines is 2. The molecule has 2 aromatic rings. The van der Waals surface area contributed by atoms with E-state index in [4.69, 9.17) is 46.0 Å². The molecule has 0 bridgehead atoms. The number of aryl methyl sites for hydroxylation is 2. The second-order valence-electron chi connectivity index (χ2n) is 19.7. The van der Waals surface area contributed by atoms with Gasteiger partial charge in [0, 0.05) is 67.2 Å². The molecule has 4 aliphatic rings. The molecule has 6 rings (SSSR count). The Kier molecular flexibility index (Phi) is 17.9. The summed E-state index contributed by atoms with van der Waals surface area (Å²) in [6.45, 7) is 11.8. The smallest absolute Gasteiger partial charge is 0.446 e. The van der Waals surface area contributed by atoms with E-state index < -0.39 is 21.0 Å². The average Bonchev–Trinajstić information content (AvgIpc) is 3.60. The van der Waals surface area contributed by atoms with Gasteiger partial charge in [0.25, 0.3) is 0 Å². The Bertz CT molecular complexity index is 1880. The molecule has 0 radical (unpaired) electrons. The number of fused-ring (bicyclic) bond motifs is 5. The number of benzene rings is 2. The number of thioether (sulfide) groups is 1. The van der Waals surface area contributed by atoms with Gasteiger partial charge in [-0.3, -0.25) is 15.4 Å². The first-order valence-electron chi connectivity index (χ1n) is 23.5. The molecule has 4 fully saturated rings. The summed E-state index contributed by atoms with van der Waals surface area (Å²) < 4.78 is 29.3. The Labute approximate surface area is 397 Å². The van der Waals surface area contributed by atoms with Crippen molar-refractivity contribution in [3.63, 3.8) is 0 Å². The van der Waals surface area contributed by atoms with E-state index >= 15 is 0 Å². The molecule has 0 aromatic heterocycles. The average molecular weight is 963 g/mol. The lowest BCUT2D eigenvalue weighted by Gasteiger charge is -2.62. The normalized spacial score (nSPS) is 29.1. The lowest BCUT2D eigenvalue weighted by Crippen LogP contribution is -2.60. The van der Waals surface area contributed by atoms with E-state index in [2.05, 4.69) is 42.8 Å². The van der Waals surface area contributed by atoms with Crippen molar-refractivity contribution in [3.8, 4) is 0 Å². The van der Waals surface area contributed by atoms with Crippen molar-refractivity contribution >= 4 is 73.2 Å². The van der Waals surface area contributed by atoms with E-state index in [0.29, 0.717) is 58.3 Å². The molecular weight excluding hydrogens is 890 g/mol. The molecule has 15 heteroatoms. The SMILES string of the molecule is CO[Si](CCCSCCCNC(=O)CC[C@@H](C)[C@H]1CC[C@H]2[C@@H]3CC[C@@H]4C[C@H](OC(=O)Nc5cc(C)cc(C)c5)CC[C@]4(C)[C@H]3C[C@H](OC(=O)Nc3cc(Cl)cc(Cl)c3)[C@]12C)(OC)OC. The van der Waals surface area contributed by atoms with Gasteiger partial charge in [-0.15, -0.1) is 0 Å². The van der Waals surface area contributed by atoms with Crippen LogP contribution in [0.1, 0.15) is 109 Å². The zero-order chi connectivity index (χ0) is 46.2. The van der Waals surface area contributed by atoms with Gasteiger partial charge in [-0.1, -0.05) is 50.0 Å². The number of hydrogen-bond donors (Lipinski definition) is 3. The van der Waals surface area contributed by atoms with Crippen LogP contribution in [0.15, 0.2) is 36.4 Å². The number of ether oxygens (including phenoxy) is 2. The lowest BCUT2D eigenvalue weighted by molar-refractivity contribution is -0.174. The molecule has 0 spiro atoms. The van der Waals surface area contributed by atoms with E-state index in [1.807, 2.05) is 37.7 Å². The van der Waals surface area contributed by atoms with Gasteiger partial charge < -0.3 is 28.1 Å². The molecule has 0 saturated heterocycles. The molecule has 4 saturated carbocycles. The first kappa shape index (κ1) is 50.9. The fraction of sp³-hybridized carbons (Fsp3) is 0.694. The summed E-state index contributed by atoms with van der Waals surface area (Å²) in [7, 11) is 2.40. The molecule has 11 nitrogen and oxygen atoms in total. The minimum atomic E-state index is -2.53. The van der Waals surface area contributed by atoms with Gasteiger partial charge in [-0.05, 0) is 178 Å². The summed E-state index contributed by atoms with van der Waals surface area (Å²) in [5.41, 5.74) is 3.20. The molecule has 0 aliphatic heterocycles. The Balaban J connectivity index is 1.08. The molecule has 356 valence electrons. The summed E-state index contributed by atoms with van der Waals surface area (Å²) >= 11 is 14.5. The van der Waals surface area contributed by atoms with Gasteiger partial charge >= 0.3 is 21.0 Å². The highest BCUT2D eigenvalue weighted by molar-refractivity contribution is 7.99. The zero-order valence-electron chi connectivity index (χ0n) is 39.3. The molecule has 2 aromatic carbocycles. The highest BCUT2D eigenvalue weighted by Crippen LogP contribution is 2.69. The standard InChI is InChI=1S/C49H73Cl2N3O8SSi/c1-31-23-32(2)25-37(24-31)53-46(56)61-39-17-18-48(4)34(26-39)12-13-40-42-15-14-41(33(3)11-16-45(55)52-19-9-20-63-21-10-22-64(58-6,59-7)60-8)49(42,5)44(30-43(40)48)62-47(57)54-38-28-35(50)27-36(51)29-38/h23-25,27-29,33-34,39-44H,9-22,26,30H2,1-8H3,(H,52,55)(H,53,56)(H,54,57)/t33-,34-,39-,40+,41-,42+,43+,44+,48+,49-/m1/s1. The van der Waals surface area contributed by atoms with Crippen LogP contribution < -0.4 is 16.0 Å². The van der Waals surface area contributed by atoms with Crippen molar-refractivity contribution in [3.05, 3.63) is 57.6 Å². The van der Waals surface area contributed by atoms with Crippen LogP contribution in [0.3, 0.4) is 0 Å². The van der Waals surface area contributed by atoms with Gasteiger partial charge in [-0.2, -0.15) is 11.8 Å². The summed E-state index contributed by atoms with van der Waals surface area (Å²) in [6.07, 6.45) is 9.49. The Morgan fingerprint density at radius 2 is 1.44 bits per heavy atom. The largest absolute Gasteiger partial charge is 0.500 e. The second-order valence-corrected chi connectivity index (χ2v) is 24.8. The lowest BCUT2D eigenvalue weighted by atomic mass is 9.43. The van der Waals surface area contributed by atoms with Gasteiger partial charge in [0.15, 0.2) is 0 Å². The Morgan fingerprint density at radius 1 is 0.797 bits per heavy atom. The zero-order valence-corrected chi connectivity index (χ0v) is 42.7. The number of hydrogen-bond acceptors (Lipinski definition) is 9. The predicted molar refractivity (Wildman–Crippen MR) is 260 cm³/mol. The minimum absolute atomic E-state index is 0.0264.